The molecule has 1 aromatic heterocycles. The van der Waals surface area contributed by atoms with Crippen molar-refractivity contribution < 1.29 is 15.0 Å². The molecule has 3 rings (SSSR count). The van der Waals surface area contributed by atoms with Crippen molar-refractivity contribution in [2.75, 3.05) is 0 Å². The van der Waals surface area contributed by atoms with E-state index in [4.69, 9.17) is 17.3 Å². The van der Waals surface area contributed by atoms with Crippen LogP contribution in [0.1, 0.15) is 28.5 Å². The minimum Gasteiger partial charge on any atom is -0.501 e. The summed E-state index contributed by atoms with van der Waals surface area (Å²) < 4.78 is 1.00. The van der Waals surface area contributed by atoms with Crippen molar-refractivity contribution in [3.8, 4) is 0 Å². The first kappa shape index (κ1) is 16.5. The molecule has 0 radical (unpaired) electrons. The van der Waals surface area contributed by atoms with E-state index in [1.54, 1.807) is 0 Å². The molecule has 1 unspecified atom stereocenters. The third-order valence-electron chi connectivity index (χ3n) is 3.73. The van der Waals surface area contributed by atoms with Crippen LogP contribution in [0.15, 0.2) is 48.5 Å². The number of nitrogens with zero attached hydrogens (tertiary/aromatic N) is 1. The van der Waals surface area contributed by atoms with Crippen LogP contribution in [0.5, 0.6) is 0 Å². The van der Waals surface area contributed by atoms with E-state index in [1.165, 1.54) is 16.9 Å². The summed E-state index contributed by atoms with van der Waals surface area (Å²) in [6, 6.07) is 16.0. The predicted molar refractivity (Wildman–Crippen MR) is 99.1 cm³/mol. The largest absolute Gasteiger partial charge is 0.501 e. The number of fused-ring (bicyclic) bond motifs is 1. The number of thiazole rings is 1. The molecule has 2 aromatic carbocycles. The molecule has 0 aliphatic carbocycles. The second-order valence-electron chi connectivity index (χ2n) is 5.47. The molecule has 1 atom stereocenters. The molecular formula is C18H15NO3S2. The summed E-state index contributed by atoms with van der Waals surface area (Å²) in [7, 11) is 0. The SMILES string of the molecule is O=C(O)CC(C(O)=S)c1nc2cccc(Cc3ccccc3)c2s1. The van der Waals surface area contributed by atoms with Gasteiger partial charge in [-0.05, 0) is 35.8 Å². The maximum absolute atomic E-state index is 11.0. The molecular weight excluding hydrogens is 342 g/mol. The highest BCUT2D eigenvalue weighted by Gasteiger charge is 2.24. The molecule has 0 saturated heterocycles. The van der Waals surface area contributed by atoms with Gasteiger partial charge < -0.3 is 10.2 Å². The van der Waals surface area contributed by atoms with Crippen molar-refractivity contribution in [2.24, 2.45) is 0 Å². The normalized spacial score (nSPS) is 12.2. The summed E-state index contributed by atoms with van der Waals surface area (Å²) in [4.78, 5) is 15.5. The van der Waals surface area contributed by atoms with Crippen molar-refractivity contribution in [3.05, 3.63) is 64.7 Å². The van der Waals surface area contributed by atoms with E-state index in [2.05, 4.69) is 17.1 Å². The summed E-state index contributed by atoms with van der Waals surface area (Å²) in [6.45, 7) is 0. The Labute approximate surface area is 148 Å². The molecule has 3 aromatic rings. The van der Waals surface area contributed by atoms with Crippen LogP contribution < -0.4 is 0 Å². The number of aromatic nitrogens is 1. The fourth-order valence-electron chi connectivity index (χ4n) is 2.58. The highest BCUT2D eigenvalue weighted by Crippen LogP contribution is 2.33. The zero-order chi connectivity index (χ0) is 17.1. The van der Waals surface area contributed by atoms with Gasteiger partial charge in [-0.25, -0.2) is 4.98 Å². The average Bonchev–Trinajstić information content (AvgIpc) is 2.98. The van der Waals surface area contributed by atoms with Gasteiger partial charge >= 0.3 is 5.97 Å². The number of carboxylic acid groups (broad SMARTS) is 1. The summed E-state index contributed by atoms with van der Waals surface area (Å²) in [5, 5.41) is 18.9. The van der Waals surface area contributed by atoms with Gasteiger partial charge in [0.2, 0.25) is 0 Å². The van der Waals surface area contributed by atoms with Crippen molar-refractivity contribution >= 4 is 44.8 Å². The first-order chi connectivity index (χ1) is 11.5. The maximum atomic E-state index is 11.0. The summed E-state index contributed by atoms with van der Waals surface area (Å²) >= 11 is 6.22. The lowest BCUT2D eigenvalue weighted by Gasteiger charge is -2.07. The van der Waals surface area contributed by atoms with Crippen LogP contribution >= 0.6 is 23.6 Å². The van der Waals surface area contributed by atoms with Gasteiger partial charge in [-0.15, -0.1) is 11.3 Å². The van der Waals surface area contributed by atoms with E-state index in [0.717, 1.165) is 22.2 Å². The molecule has 6 heteroatoms. The molecule has 0 fully saturated rings. The molecule has 0 aliphatic heterocycles. The quantitative estimate of drug-likeness (QED) is 0.643. The van der Waals surface area contributed by atoms with Gasteiger partial charge in [-0.1, -0.05) is 42.5 Å². The summed E-state index contributed by atoms with van der Waals surface area (Å²) in [5.74, 6) is -1.76. The van der Waals surface area contributed by atoms with Crippen molar-refractivity contribution in [2.45, 2.75) is 18.8 Å². The number of aliphatic carboxylic acids is 1. The number of thiocarbonyl (C=S) groups is 1. The highest BCUT2D eigenvalue weighted by atomic mass is 32.1. The van der Waals surface area contributed by atoms with E-state index in [0.29, 0.717) is 5.01 Å². The first-order valence-electron chi connectivity index (χ1n) is 7.41. The van der Waals surface area contributed by atoms with E-state index in [-0.39, 0.29) is 11.5 Å². The first-order valence-corrected chi connectivity index (χ1v) is 8.64. The number of hydrogen-bond acceptors (Lipinski definition) is 4. The maximum Gasteiger partial charge on any atom is 0.304 e. The van der Waals surface area contributed by atoms with E-state index < -0.39 is 11.9 Å². The minimum atomic E-state index is -1.01. The van der Waals surface area contributed by atoms with Crippen molar-refractivity contribution in [1.29, 1.82) is 0 Å². The van der Waals surface area contributed by atoms with Crippen LogP contribution in [-0.2, 0) is 11.2 Å². The Bertz CT molecular complexity index is 890. The Morgan fingerprint density at radius 2 is 1.88 bits per heavy atom. The Morgan fingerprint density at radius 1 is 1.12 bits per heavy atom. The zero-order valence-electron chi connectivity index (χ0n) is 12.7. The van der Waals surface area contributed by atoms with Gasteiger partial charge in [-0.2, -0.15) is 0 Å². The van der Waals surface area contributed by atoms with Gasteiger partial charge in [0.05, 0.1) is 22.6 Å². The smallest absolute Gasteiger partial charge is 0.304 e. The molecule has 24 heavy (non-hydrogen) atoms. The van der Waals surface area contributed by atoms with Crippen LogP contribution in [0.3, 0.4) is 0 Å². The van der Waals surface area contributed by atoms with Crippen molar-refractivity contribution in [1.82, 2.24) is 4.98 Å². The third-order valence-corrected chi connectivity index (χ3v) is 5.27. The Balaban J connectivity index is 2.00. The molecule has 0 saturated carbocycles. The van der Waals surface area contributed by atoms with Crippen LogP contribution in [0.25, 0.3) is 10.2 Å². The number of hydrogen-bond donors (Lipinski definition) is 2. The highest BCUT2D eigenvalue weighted by molar-refractivity contribution is 7.80. The Morgan fingerprint density at radius 3 is 2.54 bits per heavy atom. The standard InChI is InChI=1S/C18H15NO3S2/c20-15(21)10-13(18(22)23)17-19-14-8-4-7-12(16(14)24-17)9-11-5-2-1-3-6-11/h1-8,13H,9-10H2,(H,20,21)(H,22,23). The lowest BCUT2D eigenvalue weighted by molar-refractivity contribution is -0.137. The third kappa shape index (κ3) is 3.60. The van der Waals surface area contributed by atoms with E-state index in [9.17, 15) is 9.90 Å². The molecule has 0 amide bonds. The van der Waals surface area contributed by atoms with Gasteiger partial charge in [0.1, 0.15) is 5.01 Å². The van der Waals surface area contributed by atoms with Crippen LogP contribution in [0.2, 0.25) is 0 Å². The number of rotatable bonds is 6. The topological polar surface area (TPSA) is 70.4 Å². The lowest BCUT2D eigenvalue weighted by Crippen LogP contribution is -2.14. The average molecular weight is 357 g/mol. The minimum absolute atomic E-state index is 0.261. The van der Waals surface area contributed by atoms with Gasteiger partial charge in [-0.3, -0.25) is 4.79 Å². The number of carboxylic acids is 1. The fourth-order valence-corrected chi connectivity index (χ4v) is 4.03. The lowest BCUT2D eigenvalue weighted by atomic mass is 10.0. The number of benzene rings is 2. The molecule has 4 nitrogen and oxygen atoms in total. The van der Waals surface area contributed by atoms with Crippen LogP contribution in [-0.4, -0.2) is 26.2 Å². The number of aliphatic hydroxyl groups is 1. The van der Waals surface area contributed by atoms with E-state index in [1.807, 2.05) is 36.4 Å². The molecule has 0 aliphatic rings. The second kappa shape index (κ2) is 7.07. The molecule has 122 valence electrons. The Kier molecular flexibility index (Phi) is 4.87. The van der Waals surface area contributed by atoms with Gasteiger partial charge in [0.15, 0.2) is 5.05 Å². The summed E-state index contributed by atoms with van der Waals surface area (Å²) in [5.41, 5.74) is 3.12. The second-order valence-corrected chi connectivity index (χ2v) is 6.92. The molecule has 0 bridgehead atoms. The fraction of sp³-hybridized carbons (Fsp3) is 0.167. The molecule has 2 N–H and O–H groups in total. The van der Waals surface area contributed by atoms with Gasteiger partial charge in [0, 0.05) is 0 Å². The molecule has 1 heterocycles. The van der Waals surface area contributed by atoms with Crippen molar-refractivity contribution in [3.63, 3.8) is 0 Å². The number of carbonyl (C=O) groups is 1. The monoisotopic (exact) mass is 357 g/mol. The number of aliphatic hydroxyl groups excluding tert-OH is 1. The summed E-state index contributed by atoms with van der Waals surface area (Å²) in [6.07, 6.45) is 0.510. The van der Waals surface area contributed by atoms with Crippen LogP contribution in [0, 0.1) is 0 Å². The Hall–Kier alpha value is -2.31. The predicted octanol–water partition coefficient (Wildman–Crippen LogP) is 4.33. The zero-order valence-corrected chi connectivity index (χ0v) is 14.3. The van der Waals surface area contributed by atoms with Gasteiger partial charge in [0.25, 0.3) is 0 Å². The van der Waals surface area contributed by atoms with Crippen LogP contribution in [0.4, 0.5) is 0 Å². The van der Waals surface area contributed by atoms with E-state index >= 15 is 0 Å². The molecule has 0 spiro atoms.